The Balaban J connectivity index is 1.69. The van der Waals surface area contributed by atoms with Gasteiger partial charge in [0.2, 0.25) is 0 Å². The van der Waals surface area contributed by atoms with Gasteiger partial charge >= 0.3 is 0 Å². The molecule has 1 aliphatic heterocycles. The van der Waals surface area contributed by atoms with E-state index in [-0.39, 0.29) is 5.41 Å². The van der Waals surface area contributed by atoms with Crippen LogP contribution in [0.5, 0.6) is 0 Å². The van der Waals surface area contributed by atoms with Crippen LogP contribution in [0, 0.1) is 0 Å². The third-order valence-electron chi connectivity index (χ3n) is 3.60. The van der Waals surface area contributed by atoms with E-state index in [1.807, 2.05) is 0 Å². The number of thiazole rings is 1. The predicted molar refractivity (Wildman–Crippen MR) is 89.0 cm³/mol. The molecule has 0 bridgehead atoms. The number of hydrogen-bond donors (Lipinski definition) is 1. The van der Waals surface area contributed by atoms with Crippen molar-refractivity contribution in [3.63, 3.8) is 0 Å². The van der Waals surface area contributed by atoms with Crippen LogP contribution >= 0.6 is 11.3 Å². The Bertz CT molecular complexity index is 431. The topological polar surface area (TPSA) is 37.4 Å². The second-order valence-corrected chi connectivity index (χ2v) is 7.95. The summed E-state index contributed by atoms with van der Waals surface area (Å²) < 4.78 is 5.76. The normalized spacial score (nSPS) is 24.4. The van der Waals surface area contributed by atoms with Gasteiger partial charge in [0.05, 0.1) is 22.9 Å². The molecule has 2 rings (SSSR count). The Morgan fingerprint density at radius 3 is 2.57 bits per heavy atom. The lowest BCUT2D eigenvalue weighted by molar-refractivity contribution is -0.0674. The molecule has 0 amide bonds. The van der Waals surface area contributed by atoms with Gasteiger partial charge in [0.25, 0.3) is 0 Å². The Labute approximate surface area is 132 Å². The smallest absolute Gasteiger partial charge is 0.0982 e. The molecular weight excluding hydrogens is 282 g/mol. The molecular formula is C16H29N3OS. The van der Waals surface area contributed by atoms with E-state index in [4.69, 9.17) is 9.72 Å². The molecule has 1 aromatic heterocycles. The number of hydrogen-bond acceptors (Lipinski definition) is 5. The van der Waals surface area contributed by atoms with Crippen LogP contribution < -0.4 is 5.32 Å². The fourth-order valence-electron chi connectivity index (χ4n) is 2.65. The number of ether oxygens (including phenoxy) is 1. The molecule has 1 fully saturated rings. The van der Waals surface area contributed by atoms with Crippen molar-refractivity contribution in [3.05, 3.63) is 16.1 Å². The van der Waals surface area contributed by atoms with Gasteiger partial charge in [0.1, 0.15) is 0 Å². The Morgan fingerprint density at radius 2 is 2.00 bits per heavy atom. The average molecular weight is 311 g/mol. The van der Waals surface area contributed by atoms with Crippen LogP contribution in [0.25, 0.3) is 0 Å². The summed E-state index contributed by atoms with van der Waals surface area (Å²) in [7, 11) is 0. The van der Waals surface area contributed by atoms with Crippen LogP contribution in [0.2, 0.25) is 0 Å². The molecule has 0 spiro atoms. The van der Waals surface area contributed by atoms with Crippen LogP contribution in [0.1, 0.15) is 45.3 Å². The maximum Gasteiger partial charge on any atom is 0.0982 e. The molecule has 2 unspecified atom stereocenters. The SMILES string of the molecule is CC1CN(CCNCc2csc(C(C)(C)C)n2)CC(C)O1. The summed E-state index contributed by atoms with van der Waals surface area (Å²) in [6.45, 7) is 16.0. The van der Waals surface area contributed by atoms with Crippen molar-refractivity contribution in [1.29, 1.82) is 0 Å². The molecule has 1 saturated heterocycles. The molecule has 0 saturated carbocycles. The minimum absolute atomic E-state index is 0.156. The summed E-state index contributed by atoms with van der Waals surface area (Å²) in [6.07, 6.45) is 0.697. The van der Waals surface area contributed by atoms with Crippen LogP contribution in [0.3, 0.4) is 0 Å². The third-order valence-corrected chi connectivity index (χ3v) is 4.92. The summed E-state index contributed by atoms with van der Waals surface area (Å²) in [5.41, 5.74) is 1.32. The van der Waals surface area contributed by atoms with Crippen molar-refractivity contribution in [2.24, 2.45) is 0 Å². The van der Waals surface area contributed by atoms with Gasteiger partial charge < -0.3 is 10.1 Å². The first-order valence-electron chi connectivity index (χ1n) is 7.88. The highest BCUT2D eigenvalue weighted by Gasteiger charge is 2.21. The number of morpholine rings is 1. The third kappa shape index (κ3) is 5.33. The van der Waals surface area contributed by atoms with Crippen molar-refractivity contribution in [3.8, 4) is 0 Å². The Morgan fingerprint density at radius 1 is 1.33 bits per heavy atom. The maximum atomic E-state index is 5.76. The van der Waals surface area contributed by atoms with Gasteiger partial charge in [-0.15, -0.1) is 11.3 Å². The molecule has 120 valence electrons. The first-order chi connectivity index (χ1) is 9.84. The van der Waals surface area contributed by atoms with Crippen molar-refractivity contribution in [1.82, 2.24) is 15.2 Å². The van der Waals surface area contributed by atoms with Gasteiger partial charge in [-0.05, 0) is 13.8 Å². The van der Waals surface area contributed by atoms with Crippen LogP contribution in [-0.4, -0.2) is 48.3 Å². The second kappa shape index (κ2) is 7.18. The standard InChI is InChI=1S/C16H29N3OS/c1-12-9-19(10-13(2)20-12)7-6-17-8-14-11-21-15(18-14)16(3,4)5/h11-13,17H,6-10H2,1-5H3. The summed E-state index contributed by atoms with van der Waals surface area (Å²) in [5, 5.41) is 6.90. The number of nitrogens with zero attached hydrogens (tertiary/aromatic N) is 2. The lowest BCUT2D eigenvalue weighted by atomic mass is 9.98. The fraction of sp³-hybridized carbons (Fsp3) is 0.812. The van der Waals surface area contributed by atoms with Gasteiger partial charge in [-0.25, -0.2) is 4.98 Å². The number of aromatic nitrogens is 1. The fourth-order valence-corrected chi connectivity index (χ4v) is 3.56. The van der Waals surface area contributed by atoms with Crippen LogP contribution in [0.4, 0.5) is 0 Å². The molecule has 4 nitrogen and oxygen atoms in total. The van der Waals surface area contributed by atoms with E-state index in [9.17, 15) is 0 Å². The summed E-state index contributed by atoms with van der Waals surface area (Å²) in [5.74, 6) is 0. The van der Waals surface area contributed by atoms with Gasteiger partial charge in [0, 0.05) is 43.5 Å². The Kier molecular flexibility index (Phi) is 5.77. The lowest BCUT2D eigenvalue weighted by Gasteiger charge is -2.35. The molecule has 1 N–H and O–H groups in total. The number of rotatable bonds is 5. The zero-order valence-electron chi connectivity index (χ0n) is 14.0. The highest BCUT2D eigenvalue weighted by molar-refractivity contribution is 7.09. The van der Waals surface area contributed by atoms with E-state index in [0.29, 0.717) is 12.2 Å². The van der Waals surface area contributed by atoms with Crippen LogP contribution in [0.15, 0.2) is 5.38 Å². The highest BCUT2D eigenvalue weighted by atomic mass is 32.1. The maximum absolute atomic E-state index is 5.76. The largest absolute Gasteiger partial charge is 0.373 e. The minimum atomic E-state index is 0.156. The monoisotopic (exact) mass is 311 g/mol. The zero-order chi connectivity index (χ0) is 15.5. The van der Waals surface area contributed by atoms with Crippen molar-refractivity contribution >= 4 is 11.3 Å². The molecule has 0 radical (unpaired) electrons. The molecule has 0 aliphatic carbocycles. The Hall–Kier alpha value is -0.490. The van der Waals surface area contributed by atoms with E-state index in [2.05, 4.69) is 50.2 Å². The zero-order valence-corrected chi connectivity index (χ0v) is 14.8. The molecule has 2 atom stereocenters. The molecule has 21 heavy (non-hydrogen) atoms. The molecule has 1 aliphatic rings. The first-order valence-corrected chi connectivity index (χ1v) is 8.76. The number of nitrogens with one attached hydrogen (secondary N) is 1. The van der Waals surface area contributed by atoms with E-state index >= 15 is 0 Å². The van der Waals surface area contributed by atoms with Gasteiger partial charge in [-0.1, -0.05) is 20.8 Å². The van der Waals surface area contributed by atoms with Crippen LogP contribution in [-0.2, 0) is 16.7 Å². The van der Waals surface area contributed by atoms with E-state index in [0.717, 1.165) is 38.4 Å². The summed E-state index contributed by atoms with van der Waals surface area (Å²) in [6, 6.07) is 0. The van der Waals surface area contributed by atoms with Crippen molar-refractivity contribution < 1.29 is 4.74 Å². The van der Waals surface area contributed by atoms with Crippen molar-refractivity contribution in [2.75, 3.05) is 26.2 Å². The van der Waals surface area contributed by atoms with E-state index < -0.39 is 0 Å². The van der Waals surface area contributed by atoms with Gasteiger partial charge in [0.15, 0.2) is 0 Å². The molecule has 1 aromatic rings. The quantitative estimate of drug-likeness (QED) is 0.848. The predicted octanol–water partition coefficient (Wildman–Crippen LogP) is 2.64. The average Bonchev–Trinajstić information content (AvgIpc) is 2.82. The lowest BCUT2D eigenvalue weighted by Crippen LogP contribution is -2.47. The second-order valence-electron chi connectivity index (χ2n) is 7.09. The van der Waals surface area contributed by atoms with Gasteiger partial charge in [-0.2, -0.15) is 0 Å². The molecule has 0 aromatic carbocycles. The summed E-state index contributed by atoms with van der Waals surface area (Å²) in [4.78, 5) is 7.19. The highest BCUT2D eigenvalue weighted by Crippen LogP contribution is 2.25. The van der Waals surface area contributed by atoms with Crippen molar-refractivity contribution in [2.45, 2.75) is 58.8 Å². The summed E-state index contributed by atoms with van der Waals surface area (Å²) >= 11 is 1.77. The minimum Gasteiger partial charge on any atom is -0.373 e. The van der Waals surface area contributed by atoms with E-state index in [1.54, 1.807) is 11.3 Å². The molecule has 5 heteroatoms. The van der Waals surface area contributed by atoms with E-state index in [1.165, 1.54) is 5.01 Å². The van der Waals surface area contributed by atoms with Gasteiger partial charge in [-0.3, -0.25) is 4.90 Å². The molecule has 2 heterocycles. The first kappa shape index (κ1) is 16.9.